The minimum absolute atomic E-state index is 0.0243. The molecule has 0 fully saturated rings. The number of aliphatic hydroxyl groups is 1. The molecule has 0 saturated carbocycles. The molecule has 0 aliphatic heterocycles. The third kappa shape index (κ3) is 32.2. The van der Waals surface area contributed by atoms with Gasteiger partial charge in [-0.2, -0.15) is 8.42 Å². The lowest BCUT2D eigenvalue weighted by molar-refractivity contribution is -0.143. The number of hydrogen-bond acceptors (Lipinski definition) is 6. The van der Waals surface area contributed by atoms with E-state index in [-0.39, 0.29) is 19.3 Å². The van der Waals surface area contributed by atoms with Gasteiger partial charge >= 0.3 is 22.3 Å². The lowest BCUT2D eigenvalue weighted by atomic mass is 9.79. The van der Waals surface area contributed by atoms with Crippen molar-refractivity contribution in [2.45, 2.75) is 232 Å². The Labute approximate surface area is 319 Å². The molecule has 4 N–H and O–H groups in total. The topological polar surface area (TPSA) is 158 Å². The summed E-state index contributed by atoms with van der Waals surface area (Å²) in [6.07, 6.45) is 33.0. The van der Waals surface area contributed by atoms with Crippen LogP contribution < -0.4 is 0 Å². The van der Waals surface area contributed by atoms with Crippen LogP contribution in [0.25, 0.3) is 0 Å². The van der Waals surface area contributed by atoms with Gasteiger partial charge < -0.3 is 15.3 Å². The van der Waals surface area contributed by atoms with Gasteiger partial charge in [-0.25, -0.2) is 4.18 Å². The Morgan fingerprint density at radius 3 is 0.981 bits per heavy atom. The zero-order valence-corrected chi connectivity index (χ0v) is 34.4. The third-order valence-electron chi connectivity index (χ3n) is 10.9. The number of rotatable bonds is 41. The second kappa shape index (κ2) is 35.5. The number of aliphatic carboxylic acids is 2. The predicted molar refractivity (Wildman–Crippen MR) is 213 cm³/mol. The van der Waals surface area contributed by atoms with Crippen LogP contribution in [0.5, 0.6) is 0 Å². The Bertz CT molecular complexity index is 874. The first kappa shape index (κ1) is 50.8. The molecule has 0 heterocycles. The lowest BCUT2D eigenvalue weighted by Crippen LogP contribution is -2.34. The van der Waals surface area contributed by atoms with Gasteiger partial charge in [0.15, 0.2) is 0 Å². The molecule has 0 aromatic heterocycles. The van der Waals surface area contributed by atoms with Crippen LogP contribution in [0.2, 0.25) is 0 Å². The highest BCUT2D eigenvalue weighted by molar-refractivity contribution is 7.80. The van der Waals surface area contributed by atoms with Gasteiger partial charge in [0.1, 0.15) is 0 Å². The Hall–Kier alpha value is -1.23. The minimum atomic E-state index is -4.89. The molecule has 0 bridgehead atoms. The molecule has 10 heteroatoms. The molecular weight excluding hydrogens is 681 g/mol. The molecule has 0 aliphatic carbocycles. The maximum Gasteiger partial charge on any atom is 0.397 e. The summed E-state index contributed by atoms with van der Waals surface area (Å²) < 4.78 is 37.8. The van der Waals surface area contributed by atoms with Gasteiger partial charge in [0.05, 0.1) is 17.9 Å². The van der Waals surface area contributed by atoms with Crippen LogP contribution >= 0.6 is 0 Å². The van der Waals surface area contributed by atoms with E-state index in [1.54, 1.807) is 0 Å². The van der Waals surface area contributed by atoms with Gasteiger partial charge in [-0.05, 0) is 38.0 Å². The van der Waals surface area contributed by atoms with Crippen LogP contribution in [0.15, 0.2) is 0 Å². The maximum absolute atomic E-state index is 12.3. The molecule has 0 aliphatic rings. The molecule has 0 rings (SSSR count). The molecule has 0 aromatic rings. The SMILES string of the molecule is CCCCCCCCCCCCCCCCC(CC(CC(CCCCCCCCCCCCCCCC)C(=O)O)C(CCO)OS(=O)(=O)O)C(=O)O. The highest BCUT2D eigenvalue weighted by atomic mass is 32.3. The Kier molecular flexibility index (Phi) is 34.6. The number of unbranched alkanes of at least 4 members (excludes halogenated alkanes) is 26. The molecule has 0 saturated heterocycles. The highest BCUT2D eigenvalue weighted by Crippen LogP contribution is 2.33. The predicted octanol–water partition coefficient (Wildman–Crippen LogP) is 12.1. The Morgan fingerprint density at radius 2 is 0.750 bits per heavy atom. The first-order chi connectivity index (χ1) is 25.1. The smallest absolute Gasteiger partial charge is 0.397 e. The van der Waals surface area contributed by atoms with Crippen molar-refractivity contribution < 1.29 is 42.1 Å². The standard InChI is InChI=1S/C42H82O9S/c1-3-5-7-9-11-13-15-17-19-21-23-25-27-29-31-37(41(44)45)35-39(40(33-34-43)51-52(48,49)50)36-38(42(46)47)32-30-28-26-24-22-20-18-16-14-12-10-8-6-4-2/h37-40,43H,3-36H2,1-2H3,(H,44,45)(H,46,47)(H,48,49,50). The van der Waals surface area contributed by atoms with Crippen molar-refractivity contribution in [3.8, 4) is 0 Å². The van der Waals surface area contributed by atoms with Crippen molar-refractivity contribution in [1.82, 2.24) is 0 Å². The van der Waals surface area contributed by atoms with Gasteiger partial charge in [0, 0.05) is 6.61 Å². The van der Waals surface area contributed by atoms with Crippen molar-refractivity contribution in [1.29, 1.82) is 0 Å². The van der Waals surface area contributed by atoms with Crippen molar-refractivity contribution >= 4 is 22.3 Å². The largest absolute Gasteiger partial charge is 0.481 e. The first-order valence-corrected chi connectivity index (χ1v) is 23.1. The molecule has 52 heavy (non-hydrogen) atoms. The van der Waals surface area contributed by atoms with Gasteiger partial charge in [-0.15, -0.1) is 0 Å². The van der Waals surface area contributed by atoms with Crippen molar-refractivity contribution in [2.24, 2.45) is 17.8 Å². The molecule has 0 radical (unpaired) electrons. The van der Waals surface area contributed by atoms with E-state index in [2.05, 4.69) is 13.8 Å². The van der Waals surface area contributed by atoms with E-state index in [0.29, 0.717) is 25.7 Å². The van der Waals surface area contributed by atoms with E-state index >= 15 is 0 Å². The molecule has 0 aromatic carbocycles. The molecule has 0 spiro atoms. The van der Waals surface area contributed by atoms with Crippen LogP contribution in [0, 0.1) is 17.8 Å². The van der Waals surface area contributed by atoms with Crippen LogP contribution in [-0.2, 0) is 24.2 Å². The summed E-state index contributed by atoms with van der Waals surface area (Å²) in [5, 5.41) is 29.8. The highest BCUT2D eigenvalue weighted by Gasteiger charge is 2.34. The summed E-state index contributed by atoms with van der Waals surface area (Å²) in [6, 6.07) is 0. The second-order valence-electron chi connectivity index (χ2n) is 15.6. The summed E-state index contributed by atoms with van der Waals surface area (Å²) in [4.78, 5) is 24.7. The van der Waals surface area contributed by atoms with Gasteiger partial charge in [-0.1, -0.05) is 194 Å². The summed E-state index contributed by atoms with van der Waals surface area (Å²) in [7, 11) is -4.89. The van der Waals surface area contributed by atoms with Gasteiger partial charge in [0.2, 0.25) is 0 Å². The monoisotopic (exact) mass is 763 g/mol. The Balaban J connectivity index is 4.81. The third-order valence-corrected chi connectivity index (χ3v) is 11.4. The molecule has 3 unspecified atom stereocenters. The number of aliphatic hydroxyl groups excluding tert-OH is 1. The summed E-state index contributed by atoms with van der Waals surface area (Å²) >= 11 is 0. The molecule has 9 nitrogen and oxygen atoms in total. The summed E-state index contributed by atoms with van der Waals surface area (Å²) in [5.41, 5.74) is 0. The van der Waals surface area contributed by atoms with E-state index in [9.17, 15) is 37.9 Å². The van der Waals surface area contributed by atoms with Crippen LogP contribution in [-0.4, -0.2) is 52.9 Å². The lowest BCUT2D eigenvalue weighted by Gasteiger charge is -2.30. The summed E-state index contributed by atoms with van der Waals surface area (Å²) in [6.45, 7) is 4.04. The van der Waals surface area contributed by atoms with E-state index in [1.807, 2.05) is 0 Å². The zero-order valence-electron chi connectivity index (χ0n) is 33.6. The quantitative estimate of drug-likeness (QED) is 0.0351. The number of hydrogen-bond donors (Lipinski definition) is 4. The van der Waals surface area contributed by atoms with E-state index in [1.165, 1.54) is 128 Å². The van der Waals surface area contributed by atoms with Crippen LogP contribution in [0.4, 0.5) is 0 Å². The average Bonchev–Trinajstić information content (AvgIpc) is 3.09. The number of carboxylic acid groups (broad SMARTS) is 2. The summed E-state index contributed by atoms with van der Waals surface area (Å²) in [5.74, 6) is -4.39. The fourth-order valence-corrected chi connectivity index (χ4v) is 8.20. The minimum Gasteiger partial charge on any atom is -0.481 e. The van der Waals surface area contributed by atoms with E-state index in [4.69, 9.17) is 4.18 Å². The number of carboxylic acids is 2. The van der Waals surface area contributed by atoms with E-state index in [0.717, 1.165) is 38.5 Å². The molecule has 3 atom stereocenters. The maximum atomic E-state index is 12.3. The van der Waals surface area contributed by atoms with Crippen molar-refractivity contribution in [3.63, 3.8) is 0 Å². The van der Waals surface area contributed by atoms with Crippen molar-refractivity contribution in [2.75, 3.05) is 6.61 Å². The molecular formula is C42H82O9S. The second-order valence-corrected chi connectivity index (χ2v) is 16.7. The molecule has 0 amide bonds. The Morgan fingerprint density at radius 1 is 0.481 bits per heavy atom. The fraction of sp³-hybridized carbons (Fsp3) is 0.952. The van der Waals surface area contributed by atoms with Crippen molar-refractivity contribution in [3.05, 3.63) is 0 Å². The van der Waals surface area contributed by atoms with E-state index < -0.39 is 52.8 Å². The van der Waals surface area contributed by atoms with Crippen LogP contribution in [0.1, 0.15) is 226 Å². The normalized spacial score (nSPS) is 14.3. The van der Waals surface area contributed by atoms with Gasteiger partial charge in [-0.3, -0.25) is 14.1 Å². The zero-order chi connectivity index (χ0) is 38.7. The number of carbonyl (C=O) groups is 2. The fourth-order valence-electron chi connectivity index (χ4n) is 7.63. The van der Waals surface area contributed by atoms with Crippen LogP contribution in [0.3, 0.4) is 0 Å². The first-order valence-electron chi connectivity index (χ1n) is 21.8. The average molecular weight is 763 g/mol. The van der Waals surface area contributed by atoms with Gasteiger partial charge in [0.25, 0.3) is 0 Å². The molecule has 310 valence electrons.